The van der Waals surface area contributed by atoms with Gasteiger partial charge in [0.05, 0.1) is 25.2 Å². The maximum Gasteiger partial charge on any atom is 0.244 e. The van der Waals surface area contributed by atoms with Gasteiger partial charge in [-0.05, 0) is 43.3 Å². The lowest BCUT2D eigenvalue weighted by atomic mass is 10.0. The van der Waals surface area contributed by atoms with Crippen LogP contribution in [0.3, 0.4) is 0 Å². The number of hydrogen-bond donors (Lipinski definition) is 0. The summed E-state index contributed by atoms with van der Waals surface area (Å²) in [6.45, 7) is 2.30. The van der Waals surface area contributed by atoms with Crippen molar-refractivity contribution in [3.05, 3.63) is 77.6 Å². The van der Waals surface area contributed by atoms with Gasteiger partial charge in [0.1, 0.15) is 11.5 Å². The van der Waals surface area contributed by atoms with Crippen molar-refractivity contribution in [1.82, 2.24) is 8.87 Å². The molecule has 0 fully saturated rings. The van der Waals surface area contributed by atoms with E-state index in [1.54, 1.807) is 38.5 Å². The zero-order chi connectivity index (χ0) is 22.2. The standard InChI is InChI=1S/C23H24N2O5S/c1-16(26)17-6-9-19(10-7-17)31(27,28)25-14-13-24-12-4-5-21(24)23(25)20-11-8-18(29-2)15-22(20)30-3/h4-12,15,23H,13-14H2,1-3H3. The maximum absolute atomic E-state index is 13.7. The van der Waals surface area contributed by atoms with Crippen molar-refractivity contribution in [2.24, 2.45) is 0 Å². The van der Waals surface area contributed by atoms with E-state index < -0.39 is 16.1 Å². The number of fused-ring (bicyclic) bond motifs is 1. The molecule has 1 aliphatic heterocycles. The number of rotatable bonds is 6. The summed E-state index contributed by atoms with van der Waals surface area (Å²) in [5.41, 5.74) is 2.06. The van der Waals surface area contributed by atoms with Crippen LogP contribution in [-0.4, -0.2) is 43.8 Å². The highest BCUT2D eigenvalue weighted by Gasteiger charge is 2.39. The number of Topliss-reactive ketones (excluding diaryl/α,β-unsaturated/α-hetero) is 1. The van der Waals surface area contributed by atoms with Gasteiger partial charge in [0.2, 0.25) is 10.0 Å². The molecular formula is C23H24N2O5S. The van der Waals surface area contributed by atoms with Gasteiger partial charge in [0.25, 0.3) is 0 Å². The molecule has 0 radical (unpaired) electrons. The number of methoxy groups -OCH3 is 2. The number of ether oxygens (including phenoxy) is 2. The lowest BCUT2D eigenvalue weighted by Crippen LogP contribution is -2.42. The molecule has 0 saturated carbocycles. The fourth-order valence-corrected chi connectivity index (χ4v) is 5.55. The molecule has 2 heterocycles. The molecule has 3 aromatic rings. The van der Waals surface area contributed by atoms with Gasteiger partial charge in [0.15, 0.2) is 5.78 Å². The Morgan fingerprint density at radius 1 is 1.00 bits per heavy atom. The van der Waals surface area contributed by atoms with E-state index in [9.17, 15) is 13.2 Å². The molecule has 2 aromatic carbocycles. The van der Waals surface area contributed by atoms with Crippen molar-refractivity contribution in [3.63, 3.8) is 0 Å². The Kier molecular flexibility index (Phi) is 5.60. The lowest BCUT2D eigenvalue weighted by Gasteiger charge is -2.37. The van der Waals surface area contributed by atoms with Crippen molar-refractivity contribution in [3.8, 4) is 11.5 Å². The van der Waals surface area contributed by atoms with Crippen LogP contribution < -0.4 is 9.47 Å². The number of carbonyl (C=O) groups is 1. The molecule has 162 valence electrons. The van der Waals surface area contributed by atoms with E-state index in [0.29, 0.717) is 30.2 Å². The summed E-state index contributed by atoms with van der Waals surface area (Å²) in [7, 11) is -0.715. The SMILES string of the molecule is COc1ccc(C2c3cccn3CCN2S(=O)(=O)c2ccc(C(C)=O)cc2)c(OC)c1. The molecule has 0 N–H and O–H groups in total. The third-order valence-corrected chi connectivity index (χ3v) is 7.48. The molecule has 1 aliphatic rings. The summed E-state index contributed by atoms with van der Waals surface area (Å²) < 4.78 is 41.8. The average Bonchev–Trinajstić information content (AvgIpc) is 3.27. The van der Waals surface area contributed by atoms with Crippen LogP contribution in [0.1, 0.15) is 34.6 Å². The normalized spacial score (nSPS) is 16.5. The first kappa shape index (κ1) is 21.1. The fraction of sp³-hybridized carbons (Fsp3) is 0.261. The Morgan fingerprint density at radius 3 is 2.39 bits per heavy atom. The first-order chi connectivity index (χ1) is 14.9. The summed E-state index contributed by atoms with van der Waals surface area (Å²) in [4.78, 5) is 11.7. The van der Waals surface area contributed by atoms with Gasteiger partial charge in [-0.2, -0.15) is 4.31 Å². The lowest BCUT2D eigenvalue weighted by molar-refractivity contribution is 0.101. The van der Waals surface area contributed by atoms with Crippen molar-refractivity contribution in [2.75, 3.05) is 20.8 Å². The first-order valence-corrected chi connectivity index (χ1v) is 11.3. The third-order valence-electron chi connectivity index (χ3n) is 5.60. The molecule has 0 bridgehead atoms. The van der Waals surface area contributed by atoms with E-state index in [-0.39, 0.29) is 10.7 Å². The molecule has 7 nitrogen and oxygen atoms in total. The quantitative estimate of drug-likeness (QED) is 0.548. The van der Waals surface area contributed by atoms with Gasteiger partial charge in [-0.3, -0.25) is 4.79 Å². The van der Waals surface area contributed by atoms with Crippen LogP contribution >= 0.6 is 0 Å². The van der Waals surface area contributed by atoms with Crippen LogP contribution in [0.15, 0.2) is 65.7 Å². The number of ketones is 1. The molecule has 1 unspecified atom stereocenters. The van der Waals surface area contributed by atoms with E-state index in [2.05, 4.69) is 4.57 Å². The molecule has 1 atom stereocenters. The molecule has 31 heavy (non-hydrogen) atoms. The van der Waals surface area contributed by atoms with E-state index >= 15 is 0 Å². The fourth-order valence-electron chi connectivity index (χ4n) is 3.98. The van der Waals surface area contributed by atoms with Gasteiger partial charge < -0.3 is 14.0 Å². The highest BCUT2D eigenvalue weighted by atomic mass is 32.2. The topological polar surface area (TPSA) is 77.8 Å². The van der Waals surface area contributed by atoms with Crippen LogP contribution in [-0.2, 0) is 16.6 Å². The summed E-state index contributed by atoms with van der Waals surface area (Å²) >= 11 is 0. The van der Waals surface area contributed by atoms with Gasteiger partial charge >= 0.3 is 0 Å². The maximum atomic E-state index is 13.7. The van der Waals surface area contributed by atoms with Gasteiger partial charge in [-0.15, -0.1) is 0 Å². The molecule has 4 rings (SSSR count). The summed E-state index contributed by atoms with van der Waals surface area (Å²) in [6, 6.07) is 14.7. The highest BCUT2D eigenvalue weighted by molar-refractivity contribution is 7.89. The second kappa shape index (κ2) is 8.20. The summed E-state index contributed by atoms with van der Waals surface area (Å²) in [5.74, 6) is 1.06. The molecule has 0 aliphatic carbocycles. The van der Waals surface area contributed by atoms with Crippen LogP contribution in [0, 0.1) is 0 Å². The zero-order valence-corrected chi connectivity index (χ0v) is 18.4. The zero-order valence-electron chi connectivity index (χ0n) is 17.6. The second-order valence-electron chi connectivity index (χ2n) is 7.33. The molecule has 0 spiro atoms. The predicted octanol–water partition coefficient (Wildman–Crippen LogP) is 3.50. The number of sulfonamides is 1. The van der Waals surface area contributed by atoms with Crippen LogP contribution in [0.25, 0.3) is 0 Å². The van der Waals surface area contributed by atoms with Crippen molar-refractivity contribution in [1.29, 1.82) is 0 Å². The number of benzene rings is 2. The minimum absolute atomic E-state index is 0.111. The van der Waals surface area contributed by atoms with E-state index in [0.717, 1.165) is 11.3 Å². The van der Waals surface area contributed by atoms with Crippen molar-refractivity contribution < 1.29 is 22.7 Å². The number of aromatic nitrogens is 1. The predicted molar refractivity (Wildman–Crippen MR) is 116 cm³/mol. The van der Waals surface area contributed by atoms with E-state index in [1.807, 2.05) is 24.4 Å². The average molecular weight is 441 g/mol. The smallest absolute Gasteiger partial charge is 0.244 e. The first-order valence-electron chi connectivity index (χ1n) is 9.86. The monoisotopic (exact) mass is 440 g/mol. The number of carbonyl (C=O) groups excluding carboxylic acids is 1. The Labute approximate surface area is 181 Å². The molecule has 8 heteroatoms. The van der Waals surface area contributed by atoms with Crippen molar-refractivity contribution >= 4 is 15.8 Å². The van der Waals surface area contributed by atoms with Gasteiger partial charge in [-0.25, -0.2) is 8.42 Å². The number of nitrogens with zero attached hydrogens (tertiary/aromatic N) is 2. The van der Waals surface area contributed by atoms with E-state index in [1.165, 1.54) is 23.4 Å². The minimum atomic E-state index is -3.84. The number of hydrogen-bond acceptors (Lipinski definition) is 5. The summed E-state index contributed by atoms with van der Waals surface area (Å²) in [5, 5.41) is 0. The van der Waals surface area contributed by atoms with Gasteiger partial charge in [0, 0.05) is 42.2 Å². The van der Waals surface area contributed by atoms with Crippen LogP contribution in [0.4, 0.5) is 0 Å². The van der Waals surface area contributed by atoms with E-state index in [4.69, 9.17) is 9.47 Å². The van der Waals surface area contributed by atoms with Crippen molar-refractivity contribution in [2.45, 2.75) is 24.4 Å². The Hall–Kier alpha value is -3.10. The Morgan fingerprint density at radius 2 is 1.74 bits per heavy atom. The molecule has 0 amide bonds. The third kappa shape index (κ3) is 3.73. The highest BCUT2D eigenvalue weighted by Crippen LogP contribution is 2.41. The van der Waals surface area contributed by atoms with Gasteiger partial charge in [-0.1, -0.05) is 12.1 Å². The molecule has 0 saturated heterocycles. The Balaban J connectivity index is 1.84. The molecule has 1 aromatic heterocycles. The van der Waals surface area contributed by atoms with Crippen LogP contribution in [0.2, 0.25) is 0 Å². The largest absolute Gasteiger partial charge is 0.497 e. The van der Waals surface area contributed by atoms with Crippen LogP contribution in [0.5, 0.6) is 11.5 Å². The second-order valence-corrected chi connectivity index (χ2v) is 9.22. The summed E-state index contributed by atoms with van der Waals surface area (Å²) in [6.07, 6.45) is 1.95. The Bertz CT molecular complexity index is 1220. The molecular weight excluding hydrogens is 416 g/mol. The minimum Gasteiger partial charge on any atom is -0.497 e.